The predicted octanol–water partition coefficient (Wildman–Crippen LogP) is 2.85. The van der Waals surface area contributed by atoms with Crippen LogP contribution in [0, 0.1) is 0 Å². The zero-order valence-electron chi connectivity index (χ0n) is 14.3. The fraction of sp³-hybridized carbons (Fsp3) is 0.588. The molecule has 1 N–H and O–H groups in total. The molecule has 7 heteroatoms. The Morgan fingerprint density at radius 3 is 2.50 bits per heavy atom. The Morgan fingerprint density at radius 1 is 1.25 bits per heavy atom. The number of rotatable bonds is 7. The summed E-state index contributed by atoms with van der Waals surface area (Å²) in [4.78, 5) is 12.1. The van der Waals surface area contributed by atoms with Crippen LogP contribution in [0.15, 0.2) is 29.2 Å². The second-order valence-electron chi connectivity index (χ2n) is 5.90. The van der Waals surface area contributed by atoms with Gasteiger partial charge in [0.15, 0.2) is 5.78 Å². The Kier molecular flexibility index (Phi) is 8.36. The summed E-state index contributed by atoms with van der Waals surface area (Å²) in [7, 11) is -3.57. The predicted molar refractivity (Wildman–Crippen MR) is 98.4 cm³/mol. The van der Waals surface area contributed by atoms with Crippen LogP contribution in [-0.2, 0) is 10.0 Å². The SMILES string of the molecule is CCCN(C1CCNCC1)S(=O)(=O)c1cccc(C(=O)CC)c1.Cl. The van der Waals surface area contributed by atoms with E-state index in [-0.39, 0.29) is 29.1 Å². The first-order chi connectivity index (χ1) is 11.0. The minimum atomic E-state index is -3.57. The molecule has 0 unspecified atom stereocenters. The molecular formula is C17H27ClN2O3S. The van der Waals surface area contributed by atoms with Crippen molar-refractivity contribution >= 4 is 28.2 Å². The largest absolute Gasteiger partial charge is 0.317 e. The third-order valence-corrected chi connectivity index (χ3v) is 6.19. The maximum atomic E-state index is 13.1. The van der Waals surface area contributed by atoms with Gasteiger partial charge in [-0.3, -0.25) is 4.79 Å². The van der Waals surface area contributed by atoms with E-state index in [0.717, 1.165) is 32.4 Å². The van der Waals surface area contributed by atoms with E-state index in [4.69, 9.17) is 0 Å². The van der Waals surface area contributed by atoms with E-state index in [0.29, 0.717) is 18.5 Å². The summed E-state index contributed by atoms with van der Waals surface area (Å²) in [5, 5.41) is 3.27. The van der Waals surface area contributed by atoms with Gasteiger partial charge in [0.1, 0.15) is 0 Å². The van der Waals surface area contributed by atoms with Gasteiger partial charge in [0.2, 0.25) is 10.0 Å². The van der Waals surface area contributed by atoms with Gasteiger partial charge < -0.3 is 5.32 Å². The number of benzene rings is 1. The van der Waals surface area contributed by atoms with Crippen LogP contribution in [0.5, 0.6) is 0 Å². The van der Waals surface area contributed by atoms with Crippen LogP contribution < -0.4 is 5.32 Å². The van der Waals surface area contributed by atoms with Gasteiger partial charge in [-0.2, -0.15) is 4.31 Å². The van der Waals surface area contributed by atoms with Crippen molar-refractivity contribution in [1.82, 2.24) is 9.62 Å². The number of ketones is 1. The number of hydrogen-bond acceptors (Lipinski definition) is 4. The first kappa shape index (κ1) is 21.1. The number of Topliss-reactive ketones (excluding diaryl/α,β-unsaturated/α-hetero) is 1. The third-order valence-electron chi connectivity index (χ3n) is 4.24. The lowest BCUT2D eigenvalue weighted by atomic mass is 10.1. The van der Waals surface area contributed by atoms with Crippen molar-refractivity contribution in [2.24, 2.45) is 0 Å². The Morgan fingerprint density at radius 2 is 1.92 bits per heavy atom. The van der Waals surface area contributed by atoms with Gasteiger partial charge in [-0.15, -0.1) is 12.4 Å². The molecule has 24 heavy (non-hydrogen) atoms. The van der Waals surface area contributed by atoms with E-state index in [1.165, 1.54) is 6.07 Å². The van der Waals surface area contributed by atoms with E-state index >= 15 is 0 Å². The fourth-order valence-electron chi connectivity index (χ4n) is 2.98. The van der Waals surface area contributed by atoms with Crippen molar-refractivity contribution in [2.75, 3.05) is 19.6 Å². The Bertz CT molecular complexity index is 643. The van der Waals surface area contributed by atoms with Gasteiger partial charge >= 0.3 is 0 Å². The van der Waals surface area contributed by atoms with Crippen LogP contribution in [0.25, 0.3) is 0 Å². The topological polar surface area (TPSA) is 66.5 Å². The molecule has 1 aromatic rings. The van der Waals surface area contributed by atoms with Gasteiger partial charge in [0.25, 0.3) is 0 Å². The van der Waals surface area contributed by atoms with Crippen molar-refractivity contribution in [3.05, 3.63) is 29.8 Å². The lowest BCUT2D eigenvalue weighted by molar-refractivity contribution is 0.0988. The summed E-state index contributed by atoms with van der Waals surface area (Å²) in [6, 6.07) is 6.48. The summed E-state index contributed by atoms with van der Waals surface area (Å²) in [6.45, 7) is 5.96. The van der Waals surface area contributed by atoms with Crippen molar-refractivity contribution < 1.29 is 13.2 Å². The summed E-state index contributed by atoms with van der Waals surface area (Å²) >= 11 is 0. The molecule has 5 nitrogen and oxygen atoms in total. The average molecular weight is 375 g/mol. The van der Waals surface area contributed by atoms with Crippen molar-refractivity contribution in [3.8, 4) is 0 Å². The summed E-state index contributed by atoms with van der Waals surface area (Å²) in [5.74, 6) is -0.0362. The van der Waals surface area contributed by atoms with Crippen LogP contribution in [0.1, 0.15) is 49.9 Å². The molecule has 0 aliphatic carbocycles. The quantitative estimate of drug-likeness (QED) is 0.745. The highest BCUT2D eigenvalue weighted by Crippen LogP contribution is 2.24. The van der Waals surface area contributed by atoms with E-state index in [1.54, 1.807) is 29.4 Å². The summed E-state index contributed by atoms with van der Waals surface area (Å²) in [5.41, 5.74) is 0.468. The van der Waals surface area contributed by atoms with Crippen LogP contribution in [0.3, 0.4) is 0 Å². The maximum Gasteiger partial charge on any atom is 0.243 e. The smallest absolute Gasteiger partial charge is 0.243 e. The Labute approximate surface area is 151 Å². The highest BCUT2D eigenvalue weighted by molar-refractivity contribution is 7.89. The number of piperidine rings is 1. The second kappa shape index (κ2) is 9.51. The van der Waals surface area contributed by atoms with Crippen molar-refractivity contribution in [2.45, 2.75) is 50.5 Å². The lowest BCUT2D eigenvalue weighted by Gasteiger charge is -2.33. The molecule has 0 radical (unpaired) electrons. The van der Waals surface area contributed by atoms with Gasteiger partial charge in [0.05, 0.1) is 4.90 Å². The molecule has 0 saturated carbocycles. The highest BCUT2D eigenvalue weighted by atomic mass is 35.5. The Hall–Kier alpha value is -0.950. The normalized spacial score (nSPS) is 16.0. The first-order valence-electron chi connectivity index (χ1n) is 8.36. The molecule has 1 fully saturated rings. The Balaban J connectivity index is 0.00000288. The number of halogens is 1. The van der Waals surface area contributed by atoms with Crippen LogP contribution in [0.4, 0.5) is 0 Å². The number of nitrogens with zero attached hydrogens (tertiary/aromatic N) is 1. The molecule has 1 aliphatic rings. The lowest BCUT2D eigenvalue weighted by Crippen LogP contribution is -2.46. The van der Waals surface area contributed by atoms with E-state index < -0.39 is 10.0 Å². The number of hydrogen-bond donors (Lipinski definition) is 1. The first-order valence-corrected chi connectivity index (χ1v) is 9.80. The minimum Gasteiger partial charge on any atom is -0.317 e. The van der Waals surface area contributed by atoms with Gasteiger partial charge in [-0.25, -0.2) is 8.42 Å². The standard InChI is InChI=1S/C17H26N2O3S.ClH/c1-3-12-19(15-8-10-18-11-9-15)23(21,22)16-7-5-6-14(13-16)17(20)4-2;/h5-7,13,15,18H,3-4,8-12H2,1-2H3;1H. The number of nitrogens with one attached hydrogen (secondary N) is 1. The minimum absolute atomic E-state index is 0. The van der Waals surface area contributed by atoms with Gasteiger partial charge in [-0.1, -0.05) is 26.0 Å². The van der Waals surface area contributed by atoms with Gasteiger partial charge in [0, 0.05) is 24.6 Å². The highest BCUT2D eigenvalue weighted by Gasteiger charge is 2.31. The third kappa shape index (κ3) is 4.79. The monoisotopic (exact) mass is 374 g/mol. The zero-order chi connectivity index (χ0) is 16.9. The second-order valence-corrected chi connectivity index (χ2v) is 7.79. The van der Waals surface area contributed by atoms with E-state index in [9.17, 15) is 13.2 Å². The molecular weight excluding hydrogens is 348 g/mol. The van der Waals surface area contributed by atoms with E-state index in [2.05, 4.69) is 5.32 Å². The zero-order valence-corrected chi connectivity index (χ0v) is 16.0. The number of sulfonamides is 1. The molecule has 1 aromatic carbocycles. The molecule has 1 aliphatic heterocycles. The molecule has 0 aromatic heterocycles. The molecule has 0 spiro atoms. The molecule has 1 saturated heterocycles. The fourth-order valence-corrected chi connectivity index (χ4v) is 4.81. The van der Waals surface area contributed by atoms with Crippen molar-refractivity contribution in [3.63, 3.8) is 0 Å². The summed E-state index contributed by atoms with van der Waals surface area (Å²) in [6.07, 6.45) is 2.80. The maximum absolute atomic E-state index is 13.1. The number of carbonyl (C=O) groups is 1. The van der Waals surface area contributed by atoms with Crippen LogP contribution in [-0.4, -0.2) is 44.2 Å². The summed E-state index contributed by atoms with van der Waals surface area (Å²) < 4.78 is 27.8. The molecule has 0 amide bonds. The molecule has 136 valence electrons. The van der Waals surface area contributed by atoms with Gasteiger partial charge in [-0.05, 0) is 44.5 Å². The molecule has 0 bridgehead atoms. The van der Waals surface area contributed by atoms with Crippen LogP contribution in [0.2, 0.25) is 0 Å². The number of carbonyl (C=O) groups excluding carboxylic acids is 1. The molecule has 2 rings (SSSR count). The van der Waals surface area contributed by atoms with Crippen LogP contribution >= 0.6 is 12.4 Å². The molecule has 1 heterocycles. The average Bonchev–Trinajstić information content (AvgIpc) is 2.59. The van der Waals surface area contributed by atoms with Crippen molar-refractivity contribution in [1.29, 1.82) is 0 Å². The van der Waals surface area contributed by atoms with E-state index in [1.807, 2.05) is 6.92 Å². The molecule has 0 atom stereocenters.